The molecule has 0 radical (unpaired) electrons. The summed E-state index contributed by atoms with van der Waals surface area (Å²) >= 11 is 0. The van der Waals surface area contributed by atoms with Crippen molar-refractivity contribution in [3.05, 3.63) is 0 Å². The van der Waals surface area contributed by atoms with Crippen LogP contribution in [0.25, 0.3) is 0 Å². The van der Waals surface area contributed by atoms with Crippen LogP contribution in [0.2, 0.25) is 0 Å². The van der Waals surface area contributed by atoms with Crippen LogP contribution in [0.15, 0.2) is 0 Å². The number of hydrogen-bond acceptors (Lipinski definition) is 3. The molecule has 1 saturated heterocycles. The lowest BCUT2D eigenvalue weighted by atomic mass is 10.1. The van der Waals surface area contributed by atoms with Crippen LogP contribution in [0, 0.1) is 5.92 Å². The zero-order chi connectivity index (χ0) is 9.14. The summed E-state index contributed by atoms with van der Waals surface area (Å²) in [5.74, 6) is 0.537. The third kappa shape index (κ3) is 1.76. The highest BCUT2D eigenvalue weighted by Gasteiger charge is 2.30. The van der Waals surface area contributed by atoms with Crippen molar-refractivity contribution in [3.63, 3.8) is 0 Å². The van der Waals surface area contributed by atoms with E-state index in [9.17, 15) is 4.79 Å². The maximum Gasteiger partial charge on any atom is 0.223 e. The minimum atomic E-state index is 0.161. The Bertz CT molecular complexity index is 172. The fourth-order valence-corrected chi connectivity index (χ4v) is 1.52. The van der Waals surface area contributed by atoms with Gasteiger partial charge < -0.3 is 16.4 Å². The van der Waals surface area contributed by atoms with E-state index in [0.717, 1.165) is 6.54 Å². The molecule has 70 valence electrons. The Kier molecular flexibility index (Phi) is 3.05. The molecule has 4 heteroatoms. The third-order valence-corrected chi connectivity index (χ3v) is 2.45. The molecule has 1 rings (SSSR count). The van der Waals surface area contributed by atoms with Gasteiger partial charge in [-0.15, -0.1) is 0 Å². The molecule has 0 bridgehead atoms. The Hall–Kier alpha value is -0.610. The number of likely N-dealkylation sites (tertiary alicyclic amines) is 1. The second-order valence-corrected chi connectivity index (χ2v) is 3.44. The third-order valence-electron chi connectivity index (χ3n) is 2.45. The van der Waals surface area contributed by atoms with Crippen molar-refractivity contribution in [2.75, 3.05) is 19.6 Å². The average Bonchev–Trinajstić information content (AvgIpc) is 2.45. The normalized spacial score (nSPS) is 26.4. The van der Waals surface area contributed by atoms with Gasteiger partial charge in [0, 0.05) is 25.6 Å². The SMILES string of the molecule is CC(CN)N1CC(CN)CC1=O. The average molecular weight is 171 g/mol. The molecule has 0 aliphatic carbocycles. The predicted octanol–water partition coefficient (Wildman–Crippen LogP) is -0.859. The summed E-state index contributed by atoms with van der Waals surface area (Å²) in [6.07, 6.45) is 0.598. The first-order valence-corrected chi connectivity index (χ1v) is 4.38. The summed E-state index contributed by atoms with van der Waals surface area (Å²) in [4.78, 5) is 13.2. The van der Waals surface area contributed by atoms with Gasteiger partial charge in [0.1, 0.15) is 0 Å². The molecule has 2 atom stereocenters. The summed E-state index contributed by atoms with van der Waals surface area (Å²) in [6.45, 7) is 3.88. The Morgan fingerprint density at radius 3 is 2.75 bits per heavy atom. The van der Waals surface area contributed by atoms with Crippen LogP contribution in [-0.4, -0.2) is 36.5 Å². The second kappa shape index (κ2) is 3.87. The Balaban J connectivity index is 2.51. The number of amides is 1. The van der Waals surface area contributed by atoms with E-state index in [1.165, 1.54) is 0 Å². The topological polar surface area (TPSA) is 72.3 Å². The number of rotatable bonds is 3. The molecule has 0 aromatic heterocycles. The van der Waals surface area contributed by atoms with Gasteiger partial charge in [-0.3, -0.25) is 4.79 Å². The van der Waals surface area contributed by atoms with Crippen molar-refractivity contribution in [2.45, 2.75) is 19.4 Å². The fraction of sp³-hybridized carbons (Fsp3) is 0.875. The van der Waals surface area contributed by atoms with Gasteiger partial charge in [0.05, 0.1) is 0 Å². The van der Waals surface area contributed by atoms with Crippen molar-refractivity contribution < 1.29 is 4.79 Å². The van der Waals surface area contributed by atoms with Crippen molar-refractivity contribution in [3.8, 4) is 0 Å². The highest BCUT2D eigenvalue weighted by Crippen LogP contribution is 2.18. The van der Waals surface area contributed by atoms with Crippen molar-refractivity contribution in [1.82, 2.24) is 4.90 Å². The quantitative estimate of drug-likeness (QED) is 0.580. The highest BCUT2D eigenvalue weighted by molar-refractivity contribution is 5.79. The van der Waals surface area contributed by atoms with Gasteiger partial charge in [0.25, 0.3) is 0 Å². The minimum Gasteiger partial charge on any atom is -0.338 e. The molecule has 0 aromatic carbocycles. The Labute approximate surface area is 72.9 Å². The van der Waals surface area contributed by atoms with E-state index in [0.29, 0.717) is 25.4 Å². The van der Waals surface area contributed by atoms with Gasteiger partial charge in [0.15, 0.2) is 0 Å². The summed E-state index contributed by atoms with van der Waals surface area (Å²) in [6, 6.07) is 0.161. The van der Waals surface area contributed by atoms with E-state index in [4.69, 9.17) is 11.5 Å². The lowest BCUT2D eigenvalue weighted by Crippen LogP contribution is -2.39. The largest absolute Gasteiger partial charge is 0.338 e. The van der Waals surface area contributed by atoms with Crippen LogP contribution < -0.4 is 11.5 Å². The zero-order valence-corrected chi connectivity index (χ0v) is 7.49. The maximum absolute atomic E-state index is 11.4. The van der Waals surface area contributed by atoms with Crippen LogP contribution >= 0.6 is 0 Å². The minimum absolute atomic E-state index is 0.161. The van der Waals surface area contributed by atoms with Crippen LogP contribution in [0.3, 0.4) is 0 Å². The van der Waals surface area contributed by atoms with Gasteiger partial charge in [-0.05, 0) is 19.4 Å². The van der Waals surface area contributed by atoms with Gasteiger partial charge in [-0.2, -0.15) is 0 Å². The van der Waals surface area contributed by atoms with E-state index in [2.05, 4.69) is 0 Å². The van der Waals surface area contributed by atoms with Gasteiger partial charge in [-0.25, -0.2) is 0 Å². The fourth-order valence-electron chi connectivity index (χ4n) is 1.52. The number of hydrogen-bond donors (Lipinski definition) is 2. The summed E-state index contributed by atoms with van der Waals surface area (Å²) < 4.78 is 0. The molecule has 1 heterocycles. The lowest BCUT2D eigenvalue weighted by molar-refractivity contribution is -0.129. The second-order valence-electron chi connectivity index (χ2n) is 3.44. The van der Waals surface area contributed by atoms with E-state index in [1.54, 1.807) is 0 Å². The van der Waals surface area contributed by atoms with Crippen LogP contribution in [0.1, 0.15) is 13.3 Å². The molecule has 1 aliphatic heterocycles. The van der Waals surface area contributed by atoms with E-state index in [-0.39, 0.29) is 11.9 Å². The van der Waals surface area contributed by atoms with Gasteiger partial charge in [0.2, 0.25) is 5.91 Å². The first-order valence-electron chi connectivity index (χ1n) is 4.38. The van der Waals surface area contributed by atoms with E-state index < -0.39 is 0 Å². The molecule has 0 spiro atoms. The van der Waals surface area contributed by atoms with Gasteiger partial charge in [-0.1, -0.05) is 0 Å². The molecule has 4 nitrogen and oxygen atoms in total. The molecule has 1 aliphatic rings. The Morgan fingerprint density at radius 1 is 1.67 bits per heavy atom. The lowest BCUT2D eigenvalue weighted by Gasteiger charge is -2.23. The Morgan fingerprint density at radius 2 is 2.33 bits per heavy atom. The molecule has 4 N–H and O–H groups in total. The first-order chi connectivity index (χ1) is 5.69. The molecule has 2 unspecified atom stereocenters. The summed E-state index contributed by atoms with van der Waals surface area (Å²) in [7, 11) is 0. The van der Waals surface area contributed by atoms with E-state index in [1.807, 2.05) is 11.8 Å². The molecule has 12 heavy (non-hydrogen) atoms. The predicted molar refractivity (Wildman–Crippen MR) is 47.4 cm³/mol. The van der Waals surface area contributed by atoms with Crippen molar-refractivity contribution in [1.29, 1.82) is 0 Å². The van der Waals surface area contributed by atoms with Crippen LogP contribution in [0.5, 0.6) is 0 Å². The standard InChI is InChI=1S/C8H17N3O/c1-6(3-9)11-5-7(4-10)2-8(11)12/h6-7H,2-5,9-10H2,1H3. The smallest absolute Gasteiger partial charge is 0.223 e. The summed E-state index contributed by atoms with van der Waals surface area (Å²) in [5.41, 5.74) is 11.0. The highest BCUT2D eigenvalue weighted by atomic mass is 16.2. The monoisotopic (exact) mass is 171 g/mol. The number of nitrogens with two attached hydrogens (primary N) is 2. The first kappa shape index (κ1) is 9.48. The van der Waals surface area contributed by atoms with E-state index >= 15 is 0 Å². The molecule has 1 amide bonds. The molecule has 1 fully saturated rings. The number of carbonyl (C=O) groups excluding carboxylic acids is 1. The molecular formula is C8H17N3O. The molecule has 0 saturated carbocycles. The molecular weight excluding hydrogens is 154 g/mol. The number of carbonyl (C=O) groups is 1. The van der Waals surface area contributed by atoms with Crippen molar-refractivity contribution >= 4 is 5.91 Å². The van der Waals surface area contributed by atoms with Gasteiger partial charge >= 0.3 is 0 Å². The summed E-state index contributed by atoms with van der Waals surface area (Å²) in [5, 5.41) is 0. The van der Waals surface area contributed by atoms with Crippen molar-refractivity contribution in [2.24, 2.45) is 17.4 Å². The maximum atomic E-state index is 11.4. The van der Waals surface area contributed by atoms with Crippen LogP contribution in [0.4, 0.5) is 0 Å². The number of nitrogens with zero attached hydrogens (tertiary/aromatic N) is 1. The van der Waals surface area contributed by atoms with Crippen LogP contribution in [-0.2, 0) is 4.79 Å². The molecule has 0 aromatic rings. The zero-order valence-electron chi connectivity index (χ0n) is 7.49.